The van der Waals surface area contributed by atoms with Crippen LogP contribution in [0.2, 0.25) is 0 Å². The minimum absolute atomic E-state index is 0.891. The van der Waals surface area contributed by atoms with Gasteiger partial charge < -0.3 is 4.42 Å². The lowest BCUT2D eigenvalue weighted by atomic mass is 10.4. The van der Waals surface area contributed by atoms with Gasteiger partial charge in [-0.3, -0.25) is 4.68 Å². The van der Waals surface area contributed by atoms with Crippen molar-refractivity contribution < 1.29 is 4.42 Å². The van der Waals surface area contributed by atoms with Crippen LogP contribution in [-0.4, -0.2) is 9.78 Å². The molecule has 0 saturated carbocycles. The van der Waals surface area contributed by atoms with Gasteiger partial charge in [-0.1, -0.05) is 0 Å². The molecule has 0 aliphatic heterocycles. The fraction of sp³-hybridized carbons (Fsp3) is 0.286. The fourth-order valence-electron chi connectivity index (χ4n) is 1.04. The maximum Gasteiger partial charge on any atom is 0.174 e. The monoisotopic (exact) mass is 136 g/mol. The van der Waals surface area contributed by atoms with Gasteiger partial charge in [-0.15, -0.1) is 0 Å². The molecule has 2 rings (SSSR count). The predicted octanol–water partition coefficient (Wildman–Crippen LogP) is 1.47. The molecule has 3 heteroatoms. The molecule has 0 atom stereocenters. The molecule has 10 heavy (non-hydrogen) atoms. The lowest BCUT2D eigenvalue weighted by Gasteiger charge is -1.88. The molecule has 2 aromatic heterocycles. The normalized spacial score (nSPS) is 11.0. The molecule has 0 aromatic carbocycles. The van der Waals surface area contributed by atoms with Crippen molar-refractivity contribution in [1.82, 2.24) is 9.78 Å². The minimum atomic E-state index is 0.891. The van der Waals surface area contributed by atoms with E-state index in [-0.39, 0.29) is 0 Å². The summed E-state index contributed by atoms with van der Waals surface area (Å²) in [4.78, 5) is 0. The highest BCUT2D eigenvalue weighted by molar-refractivity contribution is 5.74. The largest absolute Gasteiger partial charge is 0.461 e. The van der Waals surface area contributed by atoms with E-state index in [0.29, 0.717) is 0 Å². The van der Waals surface area contributed by atoms with Crippen molar-refractivity contribution in [3.63, 3.8) is 0 Å². The molecule has 0 saturated heterocycles. The first-order chi connectivity index (χ1) is 4.79. The van der Waals surface area contributed by atoms with Crippen molar-refractivity contribution in [3.05, 3.63) is 18.0 Å². The second kappa shape index (κ2) is 1.62. The maximum absolute atomic E-state index is 5.19. The smallest absolute Gasteiger partial charge is 0.174 e. The summed E-state index contributed by atoms with van der Waals surface area (Å²) in [5, 5.41) is 4.20. The van der Waals surface area contributed by atoms with Gasteiger partial charge in [-0.25, -0.2) is 0 Å². The molecule has 0 bridgehead atoms. The zero-order chi connectivity index (χ0) is 7.14. The van der Waals surface area contributed by atoms with E-state index in [2.05, 4.69) is 5.10 Å². The van der Waals surface area contributed by atoms with Crippen molar-refractivity contribution in [3.8, 4) is 0 Å². The number of aromatic nitrogens is 2. The van der Waals surface area contributed by atoms with E-state index in [1.807, 2.05) is 24.7 Å². The van der Waals surface area contributed by atoms with E-state index in [9.17, 15) is 0 Å². The summed E-state index contributed by atoms with van der Waals surface area (Å²) < 4.78 is 7.00. The molecule has 0 fully saturated rings. The molecular weight excluding hydrogens is 128 g/mol. The zero-order valence-corrected chi connectivity index (χ0v) is 5.96. The van der Waals surface area contributed by atoms with E-state index in [0.717, 1.165) is 16.8 Å². The van der Waals surface area contributed by atoms with Gasteiger partial charge >= 0.3 is 0 Å². The average Bonchev–Trinajstić information content (AvgIpc) is 2.41. The van der Waals surface area contributed by atoms with Gasteiger partial charge in [0.1, 0.15) is 5.52 Å². The van der Waals surface area contributed by atoms with Crippen molar-refractivity contribution >= 4 is 11.1 Å². The molecule has 3 nitrogen and oxygen atoms in total. The minimum Gasteiger partial charge on any atom is -0.461 e. The number of nitrogens with zero attached hydrogens (tertiary/aromatic N) is 2. The topological polar surface area (TPSA) is 31.0 Å². The van der Waals surface area contributed by atoms with Crippen LogP contribution in [0.25, 0.3) is 11.1 Å². The predicted molar refractivity (Wildman–Crippen MR) is 37.7 cm³/mol. The van der Waals surface area contributed by atoms with Gasteiger partial charge in [-0.2, -0.15) is 5.10 Å². The molecule has 2 aromatic rings. The van der Waals surface area contributed by atoms with Crippen LogP contribution in [0.4, 0.5) is 0 Å². The lowest BCUT2D eigenvalue weighted by Crippen LogP contribution is -1.91. The standard InChI is InChI=1S/C7H8N2O/c1-5-7-6(3-4-10-7)8-9(5)2/h3-4H,1-2H3. The Morgan fingerprint density at radius 2 is 2.40 bits per heavy atom. The third-order valence-electron chi connectivity index (χ3n) is 1.72. The molecule has 0 radical (unpaired) electrons. The van der Waals surface area contributed by atoms with Gasteiger partial charge in [0.25, 0.3) is 0 Å². The number of aryl methyl sites for hydroxylation is 2. The Morgan fingerprint density at radius 1 is 1.60 bits per heavy atom. The highest BCUT2D eigenvalue weighted by atomic mass is 16.3. The molecule has 0 spiro atoms. The molecule has 0 N–H and O–H groups in total. The van der Waals surface area contributed by atoms with Crippen LogP contribution in [-0.2, 0) is 7.05 Å². The first-order valence-corrected chi connectivity index (χ1v) is 3.16. The van der Waals surface area contributed by atoms with E-state index >= 15 is 0 Å². The highest BCUT2D eigenvalue weighted by Crippen LogP contribution is 2.16. The van der Waals surface area contributed by atoms with Crippen LogP contribution in [0.3, 0.4) is 0 Å². The summed E-state index contributed by atoms with van der Waals surface area (Å²) in [5.41, 5.74) is 2.89. The second-order valence-corrected chi connectivity index (χ2v) is 2.34. The Balaban J connectivity index is 2.95. The Morgan fingerprint density at radius 3 is 3.10 bits per heavy atom. The Bertz CT molecular complexity index is 358. The summed E-state index contributed by atoms with van der Waals surface area (Å²) in [5.74, 6) is 0. The summed E-state index contributed by atoms with van der Waals surface area (Å²) in [6, 6.07) is 1.86. The van der Waals surface area contributed by atoms with E-state index in [1.165, 1.54) is 0 Å². The number of furan rings is 1. The maximum atomic E-state index is 5.19. The quantitative estimate of drug-likeness (QED) is 0.549. The molecule has 0 aliphatic carbocycles. The Kier molecular flexibility index (Phi) is 0.897. The fourth-order valence-corrected chi connectivity index (χ4v) is 1.04. The Hall–Kier alpha value is -1.25. The summed E-state index contributed by atoms with van der Waals surface area (Å²) in [6.45, 7) is 1.98. The molecule has 0 unspecified atom stereocenters. The molecular formula is C7H8N2O. The number of hydrogen-bond donors (Lipinski definition) is 0. The van der Waals surface area contributed by atoms with Crippen LogP contribution in [0, 0.1) is 6.92 Å². The van der Waals surface area contributed by atoms with Crippen LogP contribution >= 0.6 is 0 Å². The first-order valence-electron chi connectivity index (χ1n) is 3.16. The van der Waals surface area contributed by atoms with E-state index in [4.69, 9.17) is 4.42 Å². The number of fused-ring (bicyclic) bond motifs is 1. The van der Waals surface area contributed by atoms with Crippen molar-refractivity contribution in [2.24, 2.45) is 7.05 Å². The number of rotatable bonds is 0. The van der Waals surface area contributed by atoms with Gasteiger partial charge in [0.05, 0.1) is 12.0 Å². The second-order valence-electron chi connectivity index (χ2n) is 2.34. The van der Waals surface area contributed by atoms with Gasteiger partial charge in [0.2, 0.25) is 0 Å². The van der Waals surface area contributed by atoms with Gasteiger partial charge in [0, 0.05) is 13.1 Å². The van der Waals surface area contributed by atoms with Crippen molar-refractivity contribution in [2.45, 2.75) is 6.92 Å². The highest BCUT2D eigenvalue weighted by Gasteiger charge is 2.05. The average molecular weight is 136 g/mol. The molecule has 0 amide bonds. The number of hydrogen-bond acceptors (Lipinski definition) is 2. The van der Waals surface area contributed by atoms with Gasteiger partial charge in [0.15, 0.2) is 5.58 Å². The van der Waals surface area contributed by atoms with E-state index in [1.54, 1.807) is 6.26 Å². The van der Waals surface area contributed by atoms with Crippen molar-refractivity contribution in [2.75, 3.05) is 0 Å². The van der Waals surface area contributed by atoms with Crippen LogP contribution in [0.1, 0.15) is 5.69 Å². The summed E-state index contributed by atoms with van der Waals surface area (Å²) in [7, 11) is 1.91. The van der Waals surface area contributed by atoms with Gasteiger partial charge in [-0.05, 0) is 6.92 Å². The molecule has 0 aliphatic rings. The Labute approximate surface area is 58.2 Å². The third-order valence-corrected chi connectivity index (χ3v) is 1.72. The van der Waals surface area contributed by atoms with E-state index < -0.39 is 0 Å². The van der Waals surface area contributed by atoms with Crippen LogP contribution in [0.15, 0.2) is 16.7 Å². The summed E-state index contributed by atoms with van der Waals surface area (Å²) >= 11 is 0. The SMILES string of the molecule is Cc1c2occc2nn1C. The van der Waals surface area contributed by atoms with Crippen LogP contribution < -0.4 is 0 Å². The first kappa shape index (κ1) is 5.53. The zero-order valence-electron chi connectivity index (χ0n) is 5.96. The third kappa shape index (κ3) is 0.518. The summed E-state index contributed by atoms with van der Waals surface area (Å²) in [6.07, 6.45) is 1.66. The lowest BCUT2D eigenvalue weighted by molar-refractivity contribution is 0.607. The van der Waals surface area contributed by atoms with Crippen molar-refractivity contribution in [1.29, 1.82) is 0 Å². The molecule has 52 valence electrons. The van der Waals surface area contributed by atoms with Crippen LogP contribution in [0.5, 0.6) is 0 Å². The molecule has 2 heterocycles.